The molecule has 2 N–H and O–H groups in total. The topological polar surface area (TPSA) is 62.2 Å². The van der Waals surface area contributed by atoms with Crippen molar-refractivity contribution in [1.29, 1.82) is 0 Å². The Morgan fingerprint density at radius 3 is 2.46 bits per heavy atom. The number of methoxy groups -OCH3 is 1. The van der Waals surface area contributed by atoms with Crippen LogP contribution in [0.15, 0.2) is 42.5 Å². The van der Waals surface area contributed by atoms with E-state index in [0.717, 1.165) is 56.0 Å². The molecule has 194 valence electrons. The molecule has 0 spiro atoms. The number of hydrogen-bond acceptors (Lipinski definition) is 5. The molecule has 2 aromatic rings. The zero-order chi connectivity index (χ0) is 25.4. The molecule has 3 rings (SSSR count). The summed E-state index contributed by atoms with van der Waals surface area (Å²) in [6.07, 6.45) is 6.38. The molecule has 0 radical (unpaired) electrons. The van der Waals surface area contributed by atoms with Crippen LogP contribution in [0.5, 0.6) is 11.5 Å². The van der Waals surface area contributed by atoms with Gasteiger partial charge in [-0.3, -0.25) is 0 Å². The molecule has 1 saturated heterocycles. The Labute approximate surface area is 213 Å². The second-order valence-electron chi connectivity index (χ2n) is 11.2. The quantitative estimate of drug-likeness (QED) is 0.340. The predicted molar refractivity (Wildman–Crippen MR) is 147 cm³/mol. The van der Waals surface area contributed by atoms with E-state index in [-0.39, 0.29) is 5.66 Å². The molecule has 1 fully saturated rings. The summed E-state index contributed by atoms with van der Waals surface area (Å²) in [6, 6.07) is 14.6. The van der Waals surface area contributed by atoms with E-state index in [1.165, 1.54) is 24.1 Å². The Kier molecular flexibility index (Phi) is 10.3. The lowest BCUT2D eigenvalue weighted by molar-refractivity contribution is 0.222. The summed E-state index contributed by atoms with van der Waals surface area (Å²) in [5, 5.41) is 0. The Morgan fingerprint density at radius 2 is 1.80 bits per heavy atom. The van der Waals surface area contributed by atoms with Crippen LogP contribution in [0.25, 0.3) is 0 Å². The number of rotatable bonds is 11. The Hall–Kier alpha value is -1.81. The third-order valence-electron chi connectivity index (χ3n) is 6.93. The maximum absolute atomic E-state index is 9.43. The van der Waals surface area contributed by atoms with E-state index in [9.17, 15) is 9.79 Å². The van der Waals surface area contributed by atoms with E-state index < -0.39 is 8.38 Å². The van der Waals surface area contributed by atoms with Crippen molar-refractivity contribution in [2.75, 3.05) is 31.7 Å². The molecular formula is C29H44NO4P. The van der Waals surface area contributed by atoms with E-state index in [0.29, 0.717) is 17.8 Å². The molecule has 35 heavy (non-hydrogen) atoms. The predicted octanol–water partition coefficient (Wildman–Crippen LogP) is 6.59. The third-order valence-corrected chi connectivity index (χ3v) is 7.90. The van der Waals surface area contributed by atoms with Crippen LogP contribution in [-0.2, 0) is 12.8 Å². The normalized spacial score (nSPS) is 15.9. The first-order chi connectivity index (χ1) is 16.6. The molecule has 1 unspecified atom stereocenters. The third kappa shape index (κ3) is 8.97. The molecule has 1 aliphatic heterocycles. The minimum Gasteiger partial charge on any atom is -0.497 e. The number of aryl methyl sites for hydroxylation is 1. The van der Waals surface area contributed by atoms with Gasteiger partial charge in [-0.25, -0.2) is 0 Å². The van der Waals surface area contributed by atoms with Crippen molar-refractivity contribution in [3.05, 3.63) is 53.6 Å². The van der Waals surface area contributed by atoms with Crippen LogP contribution >= 0.6 is 8.38 Å². The average Bonchev–Trinajstić information content (AvgIpc) is 2.82. The van der Waals surface area contributed by atoms with Gasteiger partial charge < -0.3 is 24.2 Å². The first kappa shape index (κ1) is 27.8. The Morgan fingerprint density at radius 1 is 1.06 bits per heavy atom. The number of ether oxygens (including phenoxy) is 2. The van der Waals surface area contributed by atoms with Crippen molar-refractivity contribution < 1.29 is 19.3 Å². The minimum absolute atomic E-state index is 0.139. The summed E-state index contributed by atoms with van der Waals surface area (Å²) in [4.78, 5) is 21.4. The second-order valence-corrected chi connectivity index (χ2v) is 12.7. The van der Waals surface area contributed by atoms with Gasteiger partial charge in [-0.05, 0) is 79.2 Å². The fraction of sp³-hybridized carbons (Fsp3) is 0.586. The van der Waals surface area contributed by atoms with Crippen LogP contribution < -0.4 is 14.4 Å². The molecular weight excluding hydrogens is 457 g/mol. The number of anilines is 1. The molecule has 2 aromatic carbocycles. The summed E-state index contributed by atoms with van der Waals surface area (Å²) in [6.45, 7) is 11.6. The van der Waals surface area contributed by atoms with Crippen LogP contribution in [0.1, 0.15) is 64.5 Å². The van der Waals surface area contributed by atoms with Gasteiger partial charge in [0.1, 0.15) is 11.5 Å². The van der Waals surface area contributed by atoms with Gasteiger partial charge in [0.25, 0.3) is 0 Å². The van der Waals surface area contributed by atoms with Crippen molar-refractivity contribution in [3.63, 3.8) is 0 Å². The molecule has 0 bridgehead atoms. The summed E-state index contributed by atoms with van der Waals surface area (Å²) in [5.41, 5.74) is 4.05. The van der Waals surface area contributed by atoms with E-state index in [4.69, 9.17) is 9.47 Å². The van der Waals surface area contributed by atoms with Gasteiger partial charge in [0.15, 0.2) is 8.38 Å². The second kappa shape index (κ2) is 12.9. The Bertz CT molecular complexity index is 919. The van der Waals surface area contributed by atoms with Crippen LogP contribution in [-0.4, -0.2) is 42.3 Å². The number of benzene rings is 2. The molecule has 5 nitrogen and oxygen atoms in total. The average molecular weight is 502 g/mol. The van der Waals surface area contributed by atoms with Crippen LogP contribution in [0.2, 0.25) is 0 Å². The van der Waals surface area contributed by atoms with E-state index in [1.54, 1.807) is 7.11 Å². The van der Waals surface area contributed by atoms with Gasteiger partial charge in [-0.1, -0.05) is 45.9 Å². The van der Waals surface area contributed by atoms with Gasteiger partial charge in [0.05, 0.1) is 13.7 Å². The van der Waals surface area contributed by atoms with Gasteiger partial charge in [0.2, 0.25) is 0 Å². The van der Waals surface area contributed by atoms with Crippen molar-refractivity contribution in [2.24, 2.45) is 11.3 Å². The van der Waals surface area contributed by atoms with E-state index >= 15 is 0 Å². The molecule has 1 heterocycles. The summed E-state index contributed by atoms with van der Waals surface area (Å²) < 4.78 is 11.7. The first-order valence-corrected chi connectivity index (χ1v) is 14.3. The molecule has 0 saturated carbocycles. The van der Waals surface area contributed by atoms with Gasteiger partial charge in [-0.2, -0.15) is 0 Å². The highest BCUT2D eigenvalue weighted by molar-refractivity contribution is 7.45. The SMILES string of the molecule is COc1ccc(CCCC(C)(C)C)c(N2CCC(COc3cccc(CC(C)P(O)O)c3)CC2)c1. The van der Waals surface area contributed by atoms with E-state index in [2.05, 4.69) is 43.9 Å². The fourth-order valence-electron chi connectivity index (χ4n) is 4.73. The Balaban J connectivity index is 1.54. The number of piperidine rings is 1. The molecule has 0 aliphatic carbocycles. The van der Waals surface area contributed by atoms with Crippen LogP contribution in [0.3, 0.4) is 0 Å². The lowest BCUT2D eigenvalue weighted by atomic mass is 9.88. The minimum atomic E-state index is -1.91. The fourth-order valence-corrected chi connectivity index (χ4v) is 5.10. The van der Waals surface area contributed by atoms with Crippen molar-refractivity contribution in [2.45, 2.75) is 71.9 Å². The smallest absolute Gasteiger partial charge is 0.168 e. The monoisotopic (exact) mass is 501 g/mol. The van der Waals surface area contributed by atoms with Gasteiger partial charge >= 0.3 is 0 Å². The maximum atomic E-state index is 9.43. The van der Waals surface area contributed by atoms with Crippen molar-refractivity contribution in [3.8, 4) is 11.5 Å². The lowest BCUT2D eigenvalue weighted by Gasteiger charge is -2.35. The number of nitrogens with zero attached hydrogens (tertiary/aromatic N) is 1. The highest BCUT2D eigenvalue weighted by Gasteiger charge is 2.22. The summed E-state index contributed by atoms with van der Waals surface area (Å²) >= 11 is 0. The molecule has 0 aromatic heterocycles. The zero-order valence-corrected chi connectivity index (χ0v) is 23.1. The van der Waals surface area contributed by atoms with Crippen molar-refractivity contribution >= 4 is 14.1 Å². The van der Waals surface area contributed by atoms with E-state index in [1.807, 2.05) is 31.2 Å². The molecule has 6 heteroatoms. The largest absolute Gasteiger partial charge is 0.497 e. The molecule has 0 amide bonds. The first-order valence-electron chi connectivity index (χ1n) is 12.9. The highest BCUT2D eigenvalue weighted by atomic mass is 31.2. The number of hydrogen-bond donors (Lipinski definition) is 2. The summed E-state index contributed by atoms with van der Waals surface area (Å²) in [7, 11) is -0.164. The molecule has 1 atom stereocenters. The van der Waals surface area contributed by atoms with Gasteiger partial charge in [0, 0.05) is 30.5 Å². The van der Waals surface area contributed by atoms with Crippen molar-refractivity contribution in [1.82, 2.24) is 0 Å². The highest BCUT2D eigenvalue weighted by Crippen LogP contribution is 2.34. The molecule has 1 aliphatic rings. The summed E-state index contributed by atoms with van der Waals surface area (Å²) in [5.74, 6) is 2.33. The van der Waals surface area contributed by atoms with Crippen LogP contribution in [0, 0.1) is 11.3 Å². The lowest BCUT2D eigenvalue weighted by Crippen LogP contribution is -2.36. The van der Waals surface area contributed by atoms with Gasteiger partial charge in [-0.15, -0.1) is 0 Å². The van der Waals surface area contributed by atoms with Crippen LogP contribution in [0.4, 0.5) is 5.69 Å². The maximum Gasteiger partial charge on any atom is 0.168 e. The standard InChI is InChI=1S/C29H44NO4P/c1-22(35(31)32)18-24-8-6-10-27(19-24)34-21-23-13-16-30(17-14-23)28-20-26(33-5)12-11-25(28)9-7-15-29(2,3)4/h6,8,10-12,19-20,22-23,31-32H,7,9,13-18,21H2,1-5H3. The zero-order valence-electron chi connectivity index (χ0n) is 22.2.